The van der Waals surface area contributed by atoms with Crippen LogP contribution in [0, 0.1) is 0 Å². The van der Waals surface area contributed by atoms with Crippen molar-refractivity contribution in [2.75, 3.05) is 16.8 Å². The molecule has 0 spiro atoms. The van der Waals surface area contributed by atoms with Crippen molar-refractivity contribution in [3.63, 3.8) is 0 Å². The minimum atomic E-state index is -1.81. The molecule has 0 bridgehead atoms. The van der Waals surface area contributed by atoms with Gasteiger partial charge in [-0.25, -0.2) is 14.3 Å². The van der Waals surface area contributed by atoms with Gasteiger partial charge in [-0.2, -0.15) is 0 Å². The molecule has 20 heteroatoms. The topological polar surface area (TPSA) is 261 Å². The number of benzene rings is 1. The van der Waals surface area contributed by atoms with E-state index in [0.717, 1.165) is 22.3 Å². The number of carboxylic acid groups (broad SMARTS) is 2. The lowest BCUT2D eigenvalue weighted by atomic mass is 10.0. The second-order valence-electron chi connectivity index (χ2n) is 11.0. The quantitative estimate of drug-likeness (QED) is 0.0500. The number of fused-ring (bicyclic) bond motifs is 1. The van der Waals surface area contributed by atoms with Crippen LogP contribution in [0.3, 0.4) is 0 Å². The molecule has 2 atom stereocenters. The monoisotopic (exact) mass is 731 g/mol. The second kappa shape index (κ2) is 13.6. The maximum atomic E-state index is 13.3. The zero-order valence-corrected chi connectivity index (χ0v) is 27.8. The molecule has 2 aliphatic heterocycles. The average Bonchev–Trinajstić information content (AvgIpc) is 3.48. The first-order chi connectivity index (χ1) is 23.1. The number of thioether (sulfide) groups is 1. The summed E-state index contributed by atoms with van der Waals surface area (Å²) in [6.45, 7) is 2.47. The number of β-lactam (4-membered cyclic amide) rings is 1. The highest BCUT2D eigenvalue weighted by molar-refractivity contribution is 8.00. The van der Waals surface area contributed by atoms with E-state index in [2.05, 4.69) is 20.8 Å². The van der Waals surface area contributed by atoms with Crippen molar-refractivity contribution in [1.29, 1.82) is 0 Å². The fraction of sp³-hybridized carbons (Fsp3) is 0.241. The van der Waals surface area contributed by atoms with Gasteiger partial charge in [-0.1, -0.05) is 16.8 Å². The van der Waals surface area contributed by atoms with Gasteiger partial charge >= 0.3 is 5.97 Å². The van der Waals surface area contributed by atoms with Crippen molar-refractivity contribution in [2.45, 2.75) is 37.4 Å². The lowest BCUT2D eigenvalue weighted by Gasteiger charge is -2.50. The number of carbonyl (C=O) groups excluding carboxylic acids is 4. The summed E-state index contributed by atoms with van der Waals surface area (Å²) in [6.07, 6.45) is 3.12. The number of oxime groups is 1. The number of nitrogens with zero attached hydrogens (tertiary/aromatic N) is 4. The summed E-state index contributed by atoms with van der Waals surface area (Å²) in [4.78, 5) is 73.0. The summed E-state index contributed by atoms with van der Waals surface area (Å²) in [5.41, 5.74) is 3.68. The number of amides is 3. The number of phenols is 2. The largest absolute Gasteiger partial charge is 0.543 e. The van der Waals surface area contributed by atoms with E-state index in [0.29, 0.717) is 11.3 Å². The van der Waals surface area contributed by atoms with Crippen molar-refractivity contribution >= 4 is 80.9 Å². The molecule has 3 aromatic rings. The minimum absolute atomic E-state index is 0.0234. The molecule has 256 valence electrons. The average molecular weight is 732 g/mol. The van der Waals surface area contributed by atoms with E-state index in [1.165, 1.54) is 49.2 Å². The maximum absolute atomic E-state index is 13.3. The molecule has 17 nitrogen and oxygen atoms in total. The van der Waals surface area contributed by atoms with Crippen LogP contribution in [0.2, 0.25) is 5.02 Å². The fourth-order valence-electron chi connectivity index (χ4n) is 4.60. The second-order valence-corrected chi connectivity index (χ2v) is 13.4. The number of rotatable bonds is 11. The van der Waals surface area contributed by atoms with E-state index in [9.17, 15) is 44.4 Å². The Morgan fingerprint density at radius 2 is 1.92 bits per heavy atom. The van der Waals surface area contributed by atoms with Crippen molar-refractivity contribution in [3.05, 3.63) is 69.6 Å². The van der Waals surface area contributed by atoms with Crippen LogP contribution < -0.4 is 26.0 Å². The molecule has 0 radical (unpaired) electrons. The van der Waals surface area contributed by atoms with E-state index in [4.69, 9.17) is 22.2 Å². The summed E-state index contributed by atoms with van der Waals surface area (Å²) in [5.74, 6) is -6.22. The molecule has 49 heavy (non-hydrogen) atoms. The van der Waals surface area contributed by atoms with Crippen molar-refractivity contribution in [3.8, 4) is 11.5 Å². The van der Waals surface area contributed by atoms with E-state index in [1.54, 1.807) is 17.0 Å². The summed E-state index contributed by atoms with van der Waals surface area (Å²) in [5, 5.41) is 50.1. The van der Waals surface area contributed by atoms with Gasteiger partial charge < -0.3 is 46.4 Å². The van der Waals surface area contributed by atoms with Gasteiger partial charge in [0, 0.05) is 28.8 Å². The van der Waals surface area contributed by atoms with Crippen molar-refractivity contribution in [1.82, 2.24) is 15.2 Å². The molecular formula is C29H26ClN7O10S2. The summed E-state index contributed by atoms with van der Waals surface area (Å²) in [7, 11) is 0. The van der Waals surface area contributed by atoms with Crippen molar-refractivity contribution < 1.29 is 53.8 Å². The number of phenolic OH excluding ortho intramolecular Hbond substituents is 2. The number of aliphatic carboxylic acids is 2. The van der Waals surface area contributed by atoms with Gasteiger partial charge in [0.2, 0.25) is 5.60 Å². The van der Waals surface area contributed by atoms with Crippen LogP contribution in [-0.4, -0.2) is 83.3 Å². The maximum Gasteiger partial charge on any atom is 0.350 e. The number of nitrogen functional groups attached to an aromatic ring is 1. The number of nitrogens with two attached hydrogens (primary N) is 1. The molecule has 1 aromatic carbocycles. The number of thiazole rings is 1. The number of pyridine rings is 1. The number of aromatic nitrogens is 2. The van der Waals surface area contributed by atoms with E-state index >= 15 is 0 Å². The van der Waals surface area contributed by atoms with Gasteiger partial charge in [-0.3, -0.25) is 19.3 Å². The zero-order valence-electron chi connectivity index (χ0n) is 25.4. The highest BCUT2D eigenvalue weighted by atomic mass is 35.5. The number of carboxylic acids is 2. The third-order valence-corrected chi connectivity index (χ3v) is 9.65. The third kappa shape index (κ3) is 7.08. The summed E-state index contributed by atoms with van der Waals surface area (Å²) in [6, 6.07) is 4.25. The smallest absolute Gasteiger partial charge is 0.350 e. The molecule has 4 heterocycles. The lowest BCUT2D eigenvalue weighted by molar-refractivity contribution is -0.689. The Kier molecular flexibility index (Phi) is 9.70. The van der Waals surface area contributed by atoms with Gasteiger partial charge in [0.25, 0.3) is 17.7 Å². The standard InChI is InChI=1S/C29H26ClN7O10S2/c1-29(2,27(45)46)47-35-18(15-11-49-28(31)33-15)23(41)34-19-24(42)37-20(26(43)44)12(10-48-25(19)37)9-36-7-5-13(6-8-36)32-22(40)14-3-4-16(38)21(39)17(14)30/h3-8,11,19,25H,9-10H2,1-2H3,(H7,31,33,34,35,38,39,40,41,43,44,45,46)/t19-,25-/m1/s1. The Morgan fingerprint density at radius 3 is 2.53 bits per heavy atom. The molecular weight excluding hydrogens is 706 g/mol. The first kappa shape index (κ1) is 34.9. The Bertz CT molecular complexity index is 1950. The highest BCUT2D eigenvalue weighted by Gasteiger charge is 2.53. The van der Waals surface area contributed by atoms with Crippen molar-refractivity contribution in [2.24, 2.45) is 5.16 Å². The number of hydrogen-bond donors (Lipinski definition) is 6. The summed E-state index contributed by atoms with van der Waals surface area (Å²) < 4.78 is 1.61. The van der Waals surface area contributed by atoms with Crippen LogP contribution in [-0.2, 0) is 30.6 Å². The Balaban J connectivity index is 1.29. The van der Waals surface area contributed by atoms with Crippen LogP contribution in [0.5, 0.6) is 11.5 Å². The number of nitrogens with one attached hydrogen (secondary N) is 2. The van der Waals surface area contributed by atoms with Crippen LogP contribution in [0.4, 0.5) is 10.8 Å². The minimum Gasteiger partial charge on any atom is -0.543 e. The molecule has 2 aromatic heterocycles. The number of anilines is 2. The fourth-order valence-corrected chi connectivity index (χ4v) is 6.73. The third-order valence-electron chi connectivity index (χ3n) is 7.25. The highest BCUT2D eigenvalue weighted by Crippen LogP contribution is 2.40. The van der Waals surface area contributed by atoms with E-state index in [1.807, 2.05) is 0 Å². The van der Waals surface area contributed by atoms with E-state index in [-0.39, 0.29) is 39.4 Å². The predicted octanol–water partition coefficient (Wildman–Crippen LogP) is 0.0177. The molecule has 2 aliphatic rings. The Hall–Kier alpha value is -5.40. The van der Waals surface area contributed by atoms with Gasteiger partial charge in [-0.15, -0.1) is 23.1 Å². The Morgan fingerprint density at radius 1 is 1.22 bits per heavy atom. The SMILES string of the molecule is CC(C)(O/N=C(\C(=O)N[C@@H]1C(=O)N2C(C(=O)[O-])=C(C[n+]3ccc(NC(=O)c4ccc(O)c(O)c4Cl)cc3)CS[C@H]12)c1csc(N)n1)C(=O)O. The molecule has 0 unspecified atom stereocenters. The predicted molar refractivity (Wildman–Crippen MR) is 172 cm³/mol. The number of halogens is 1. The Labute approximate surface area is 289 Å². The van der Waals surface area contributed by atoms with Crippen LogP contribution >= 0.6 is 34.7 Å². The van der Waals surface area contributed by atoms with E-state index < -0.39 is 63.9 Å². The first-order valence-corrected chi connectivity index (χ1v) is 16.3. The van der Waals surface area contributed by atoms with Gasteiger partial charge in [-0.05, 0) is 26.0 Å². The molecule has 7 N–H and O–H groups in total. The molecule has 0 aliphatic carbocycles. The summed E-state index contributed by atoms with van der Waals surface area (Å²) >= 11 is 8.15. The number of aromatic hydroxyl groups is 2. The molecule has 0 saturated carbocycles. The molecule has 5 rings (SSSR count). The van der Waals surface area contributed by atoms with Crippen LogP contribution in [0.1, 0.15) is 29.9 Å². The van der Waals surface area contributed by atoms with Gasteiger partial charge in [0.1, 0.15) is 17.1 Å². The van der Waals surface area contributed by atoms with Crippen LogP contribution in [0.15, 0.2) is 58.5 Å². The number of hydrogen-bond acceptors (Lipinski definition) is 14. The first-order valence-electron chi connectivity index (χ1n) is 14.0. The molecule has 1 saturated heterocycles. The number of carbonyl (C=O) groups is 5. The van der Waals surface area contributed by atoms with Gasteiger partial charge in [0.15, 0.2) is 41.3 Å². The normalized spacial score (nSPS) is 17.6. The molecule has 1 fully saturated rings. The molecule has 3 amide bonds. The lowest BCUT2D eigenvalue weighted by Crippen LogP contribution is -2.71. The van der Waals surface area contributed by atoms with Crippen LogP contribution in [0.25, 0.3) is 0 Å². The van der Waals surface area contributed by atoms with Gasteiger partial charge in [0.05, 0.1) is 27.9 Å². The zero-order chi connectivity index (χ0) is 35.8.